The molecule has 1 aromatic carbocycles. The minimum absolute atomic E-state index is 0.000358. The SMILES string of the molecule is CC1(C)S[C@H]2N(C(=O)[C@]2(O)NC(=O)CSc2ccc(Cl)cc2)[C@H]1C(=O)O. The summed E-state index contributed by atoms with van der Waals surface area (Å²) in [6, 6.07) is 5.87. The van der Waals surface area contributed by atoms with Crippen LogP contribution >= 0.6 is 35.1 Å². The van der Waals surface area contributed by atoms with Crippen molar-refractivity contribution in [3.8, 4) is 0 Å². The number of fused-ring (bicyclic) bond motifs is 1. The largest absolute Gasteiger partial charge is 0.480 e. The molecule has 0 aromatic heterocycles. The van der Waals surface area contributed by atoms with Gasteiger partial charge in [-0.05, 0) is 38.1 Å². The van der Waals surface area contributed by atoms with Crippen molar-refractivity contribution in [1.82, 2.24) is 10.2 Å². The molecule has 2 aliphatic rings. The van der Waals surface area contributed by atoms with E-state index in [4.69, 9.17) is 11.6 Å². The molecule has 140 valence electrons. The molecule has 2 fully saturated rings. The Kier molecular flexibility index (Phi) is 4.93. The summed E-state index contributed by atoms with van der Waals surface area (Å²) in [5, 5.41) is 22.1. The molecule has 3 atom stereocenters. The molecule has 3 N–H and O–H groups in total. The summed E-state index contributed by atoms with van der Waals surface area (Å²) in [4.78, 5) is 38.0. The first kappa shape index (κ1) is 19.3. The maximum Gasteiger partial charge on any atom is 0.327 e. The Morgan fingerprint density at radius 1 is 1.35 bits per heavy atom. The normalized spacial score (nSPS) is 29.1. The predicted molar refractivity (Wildman–Crippen MR) is 99.0 cm³/mol. The lowest BCUT2D eigenvalue weighted by Crippen LogP contribution is -2.79. The van der Waals surface area contributed by atoms with Gasteiger partial charge in [0.15, 0.2) is 0 Å². The van der Waals surface area contributed by atoms with E-state index in [0.29, 0.717) is 5.02 Å². The second-order valence-corrected chi connectivity index (χ2v) is 9.80. The first-order chi connectivity index (χ1) is 12.1. The molecule has 2 heterocycles. The van der Waals surface area contributed by atoms with Gasteiger partial charge in [-0.25, -0.2) is 4.79 Å². The Morgan fingerprint density at radius 2 is 1.96 bits per heavy atom. The van der Waals surface area contributed by atoms with Crippen molar-refractivity contribution in [3.63, 3.8) is 0 Å². The van der Waals surface area contributed by atoms with Crippen LogP contribution in [0.5, 0.6) is 0 Å². The molecule has 10 heteroatoms. The van der Waals surface area contributed by atoms with E-state index in [-0.39, 0.29) is 5.75 Å². The molecule has 0 saturated carbocycles. The molecule has 0 spiro atoms. The maximum absolute atomic E-state index is 12.4. The zero-order valence-electron chi connectivity index (χ0n) is 13.9. The monoisotopic (exact) mass is 416 g/mol. The average molecular weight is 417 g/mol. The zero-order valence-corrected chi connectivity index (χ0v) is 16.3. The van der Waals surface area contributed by atoms with Crippen LogP contribution in [0.25, 0.3) is 0 Å². The van der Waals surface area contributed by atoms with Crippen molar-refractivity contribution in [1.29, 1.82) is 0 Å². The lowest BCUT2D eigenvalue weighted by atomic mass is 9.93. The molecule has 7 nitrogen and oxygen atoms in total. The average Bonchev–Trinajstić information content (AvgIpc) is 2.84. The van der Waals surface area contributed by atoms with Gasteiger partial charge in [0.25, 0.3) is 5.91 Å². The molecule has 3 rings (SSSR count). The Bertz CT molecular complexity index is 772. The van der Waals surface area contributed by atoms with E-state index in [1.54, 1.807) is 38.1 Å². The number of amides is 2. The number of carboxylic acids is 1. The van der Waals surface area contributed by atoms with Crippen molar-refractivity contribution >= 4 is 52.9 Å². The van der Waals surface area contributed by atoms with Crippen LogP contribution < -0.4 is 5.32 Å². The van der Waals surface area contributed by atoms with Crippen LogP contribution in [0.1, 0.15) is 13.8 Å². The third-order valence-corrected chi connectivity index (χ3v) is 7.16. The van der Waals surface area contributed by atoms with E-state index in [2.05, 4.69) is 5.32 Å². The van der Waals surface area contributed by atoms with E-state index < -0.39 is 39.7 Å². The third kappa shape index (κ3) is 3.17. The van der Waals surface area contributed by atoms with Crippen molar-refractivity contribution in [2.75, 3.05) is 5.75 Å². The van der Waals surface area contributed by atoms with Crippen molar-refractivity contribution in [3.05, 3.63) is 29.3 Å². The summed E-state index contributed by atoms with van der Waals surface area (Å²) < 4.78 is -0.778. The molecule has 0 bridgehead atoms. The number of hydrogen-bond acceptors (Lipinski definition) is 6. The number of rotatable bonds is 5. The predicted octanol–water partition coefficient (Wildman–Crippen LogP) is 1.38. The second-order valence-electron chi connectivity index (χ2n) is 6.58. The summed E-state index contributed by atoms with van der Waals surface area (Å²) in [6.07, 6.45) is 0. The van der Waals surface area contributed by atoms with Crippen LogP contribution in [0.2, 0.25) is 5.02 Å². The molecular weight excluding hydrogens is 400 g/mol. The van der Waals surface area contributed by atoms with Gasteiger partial charge in [-0.15, -0.1) is 23.5 Å². The number of carbonyl (C=O) groups excluding carboxylic acids is 2. The van der Waals surface area contributed by atoms with Crippen molar-refractivity contribution in [2.24, 2.45) is 0 Å². The Balaban J connectivity index is 1.65. The van der Waals surface area contributed by atoms with Crippen molar-refractivity contribution < 1.29 is 24.6 Å². The molecular formula is C16H17ClN2O5S2. The number of benzene rings is 1. The number of aliphatic hydroxyl groups is 1. The molecule has 1 aromatic rings. The molecule has 0 aliphatic carbocycles. The number of hydrogen-bond donors (Lipinski definition) is 3. The first-order valence-corrected chi connectivity index (χ1v) is 9.96. The van der Waals surface area contributed by atoms with Gasteiger partial charge >= 0.3 is 5.97 Å². The van der Waals surface area contributed by atoms with Gasteiger partial charge in [0.2, 0.25) is 11.6 Å². The van der Waals surface area contributed by atoms with Crippen LogP contribution in [0.3, 0.4) is 0 Å². The third-order valence-electron chi connectivity index (χ3n) is 4.27. The van der Waals surface area contributed by atoms with E-state index in [0.717, 1.165) is 21.6 Å². The van der Waals surface area contributed by atoms with Crippen LogP contribution in [-0.4, -0.2) is 60.5 Å². The minimum atomic E-state index is -2.08. The van der Waals surface area contributed by atoms with Crippen LogP contribution in [0, 0.1) is 0 Å². The van der Waals surface area contributed by atoms with E-state index in [1.165, 1.54) is 11.8 Å². The summed E-state index contributed by atoms with van der Waals surface area (Å²) >= 11 is 8.20. The van der Waals surface area contributed by atoms with Crippen molar-refractivity contribution in [2.45, 2.75) is 40.6 Å². The quantitative estimate of drug-likeness (QED) is 0.378. The van der Waals surface area contributed by atoms with Gasteiger partial charge in [-0.1, -0.05) is 11.6 Å². The molecule has 26 heavy (non-hydrogen) atoms. The highest BCUT2D eigenvalue weighted by Gasteiger charge is 2.72. The van der Waals surface area contributed by atoms with Crippen LogP contribution in [0.15, 0.2) is 29.2 Å². The summed E-state index contributed by atoms with van der Waals surface area (Å²) in [6.45, 7) is 3.39. The van der Waals surface area contributed by atoms with E-state index in [9.17, 15) is 24.6 Å². The van der Waals surface area contributed by atoms with Crippen LogP contribution in [-0.2, 0) is 14.4 Å². The number of carboxylic acid groups (broad SMARTS) is 1. The molecule has 2 saturated heterocycles. The smallest absolute Gasteiger partial charge is 0.327 e. The number of aliphatic carboxylic acids is 1. The lowest BCUT2D eigenvalue weighted by Gasteiger charge is -2.49. The number of β-lactam (4-membered cyclic amide) rings is 1. The highest BCUT2D eigenvalue weighted by Crippen LogP contribution is 2.53. The van der Waals surface area contributed by atoms with E-state index in [1.807, 2.05) is 0 Å². The molecule has 0 radical (unpaired) electrons. The maximum atomic E-state index is 12.4. The highest BCUT2D eigenvalue weighted by molar-refractivity contribution is 8.01. The van der Waals surface area contributed by atoms with E-state index >= 15 is 0 Å². The molecule has 2 amide bonds. The fourth-order valence-corrected chi connectivity index (χ4v) is 5.49. The fraction of sp³-hybridized carbons (Fsp3) is 0.438. The van der Waals surface area contributed by atoms with Gasteiger partial charge in [0.1, 0.15) is 11.4 Å². The summed E-state index contributed by atoms with van der Waals surface area (Å²) in [5.41, 5.74) is -2.08. The lowest BCUT2D eigenvalue weighted by molar-refractivity contribution is -0.194. The number of nitrogens with one attached hydrogen (secondary N) is 1. The molecule has 0 unspecified atom stereocenters. The number of nitrogens with zero attached hydrogens (tertiary/aromatic N) is 1. The number of carbonyl (C=O) groups is 3. The summed E-state index contributed by atoms with van der Waals surface area (Å²) in [7, 11) is 0. The number of halogens is 1. The standard InChI is InChI=1S/C16H17ClN2O5S2/c1-15(2)11(12(21)22)19-13(23)16(24,14(19)26-15)18-10(20)7-25-9-5-3-8(17)4-6-9/h3-6,11,14,24H,7H2,1-2H3,(H,18,20)(H,21,22)/t11-,14+,16+/m0/s1. The molecule has 2 aliphatic heterocycles. The minimum Gasteiger partial charge on any atom is -0.480 e. The Labute approximate surface area is 163 Å². The highest BCUT2D eigenvalue weighted by atomic mass is 35.5. The first-order valence-electron chi connectivity index (χ1n) is 7.71. The Hall–Kier alpha value is -1.42. The number of thioether (sulfide) groups is 2. The fourth-order valence-electron chi connectivity index (χ4n) is 3.09. The van der Waals surface area contributed by atoms with Gasteiger partial charge in [0.05, 0.1) is 5.75 Å². The zero-order chi connectivity index (χ0) is 19.3. The second kappa shape index (κ2) is 6.63. The Morgan fingerprint density at radius 3 is 2.54 bits per heavy atom. The van der Waals surface area contributed by atoms with Gasteiger partial charge in [-0.2, -0.15) is 0 Å². The topological polar surface area (TPSA) is 107 Å². The van der Waals surface area contributed by atoms with Gasteiger partial charge < -0.3 is 20.4 Å². The van der Waals surface area contributed by atoms with Crippen LogP contribution in [0.4, 0.5) is 0 Å². The summed E-state index contributed by atoms with van der Waals surface area (Å²) in [5.74, 6) is -2.44. The van der Waals surface area contributed by atoms with Gasteiger partial charge in [0, 0.05) is 14.7 Å². The van der Waals surface area contributed by atoms with Gasteiger partial charge in [-0.3, -0.25) is 9.59 Å².